The summed E-state index contributed by atoms with van der Waals surface area (Å²) < 4.78 is 1.30. The Hall–Kier alpha value is -2.34. The first-order chi connectivity index (χ1) is 9.56. The van der Waals surface area contributed by atoms with Crippen LogP contribution in [-0.4, -0.2) is 29.0 Å². The van der Waals surface area contributed by atoms with Crippen LogP contribution >= 0.6 is 11.6 Å². The van der Waals surface area contributed by atoms with Crippen molar-refractivity contribution in [2.45, 2.75) is 6.54 Å². The van der Waals surface area contributed by atoms with Crippen LogP contribution in [0, 0.1) is 0 Å². The van der Waals surface area contributed by atoms with Gasteiger partial charge in [-0.1, -0.05) is 23.7 Å². The van der Waals surface area contributed by atoms with Crippen LogP contribution in [0.3, 0.4) is 0 Å². The summed E-state index contributed by atoms with van der Waals surface area (Å²) in [5.41, 5.74) is 7.24. The molecule has 0 atom stereocenters. The number of carbonyl (C=O) groups is 2. The van der Waals surface area contributed by atoms with E-state index >= 15 is 0 Å². The molecular formula is C13H13ClN4O2. The number of nitrogens with two attached hydrogens (primary N) is 1. The lowest BCUT2D eigenvalue weighted by Crippen LogP contribution is -2.24. The Labute approximate surface area is 120 Å². The number of aldehydes is 1. The van der Waals surface area contributed by atoms with Gasteiger partial charge < -0.3 is 11.1 Å². The molecule has 0 bridgehead atoms. The van der Waals surface area contributed by atoms with Gasteiger partial charge >= 0.3 is 0 Å². The zero-order valence-corrected chi connectivity index (χ0v) is 11.5. The molecule has 0 fully saturated rings. The number of benzene rings is 1. The Morgan fingerprint density at radius 2 is 2.10 bits per heavy atom. The second-order valence-corrected chi connectivity index (χ2v) is 4.54. The van der Waals surface area contributed by atoms with E-state index in [0.717, 1.165) is 0 Å². The Bertz CT molecular complexity index is 649. The van der Waals surface area contributed by atoms with Crippen molar-refractivity contribution in [2.24, 2.45) is 0 Å². The number of halogens is 1. The molecule has 20 heavy (non-hydrogen) atoms. The predicted molar refractivity (Wildman–Crippen MR) is 76.5 cm³/mol. The second-order valence-electron chi connectivity index (χ2n) is 4.10. The summed E-state index contributed by atoms with van der Waals surface area (Å²) in [4.78, 5) is 22.6. The molecule has 0 radical (unpaired) electrons. The highest BCUT2D eigenvalue weighted by molar-refractivity contribution is 6.30. The number of carbonyl (C=O) groups excluding carboxylic acids is 2. The number of hydrogen-bond donors (Lipinski definition) is 2. The van der Waals surface area contributed by atoms with Crippen LogP contribution in [0.4, 0.5) is 5.82 Å². The topological polar surface area (TPSA) is 90.0 Å². The van der Waals surface area contributed by atoms with Crippen LogP contribution in [0.2, 0.25) is 5.02 Å². The Morgan fingerprint density at radius 3 is 2.65 bits per heavy atom. The number of nitrogens with zero attached hydrogens (tertiary/aromatic N) is 2. The van der Waals surface area contributed by atoms with Crippen molar-refractivity contribution in [3.8, 4) is 11.3 Å². The molecule has 0 saturated carbocycles. The summed E-state index contributed by atoms with van der Waals surface area (Å²) in [5.74, 6) is -0.0899. The van der Waals surface area contributed by atoms with Gasteiger partial charge in [0, 0.05) is 17.6 Å². The first kappa shape index (κ1) is 14.1. The van der Waals surface area contributed by atoms with Gasteiger partial charge in [-0.3, -0.25) is 9.59 Å². The number of hydrogen-bond acceptors (Lipinski definition) is 4. The normalized spacial score (nSPS) is 10.3. The number of nitrogen functional groups attached to an aromatic ring is 1. The number of aromatic nitrogens is 2. The number of anilines is 1. The minimum atomic E-state index is -0.251. The van der Waals surface area contributed by atoms with Crippen molar-refractivity contribution in [3.63, 3.8) is 0 Å². The third-order valence-electron chi connectivity index (χ3n) is 2.84. The molecule has 0 aliphatic carbocycles. The molecule has 0 aliphatic heterocycles. The van der Waals surface area contributed by atoms with E-state index in [0.29, 0.717) is 22.6 Å². The minimum absolute atomic E-state index is 0.0449. The van der Waals surface area contributed by atoms with Gasteiger partial charge in [0.15, 0.2) is 6.29 Å². The van der Waals surface area contributed by atoms with Crippen molar-refractivity contribution in [1.29, 1.82) is 0 Å². The maximum absolute atomic E-state index is 11.4. The van der Waals surface area contributed by atoms with Gasteiger partial charge in [0.2, 0.25) is 5.91 Å². The molecule has 1 aromatic heterocycles. The van der Waals surface area contributed by atoms with Crippen LogP contribution < -0.4 is 11.1 Å². The van der Waals surface area contributed by atoms with Crippen molar-refractivity contribution < 1.29 is 9.59 Å². The fourth-order valence-corrected chi connectivity index (χ4v) is 1.89. The number of nitrogens with one attached hydrogen (secondary N) is 1. The SMILES string of the molecule is CNC(=O)Cn1nc(-c2ccc(Cl)cc2)c(C=O)c1N. The lowest BCUT2D eigenvalue weighted by molar-refractivity contribution is -0.121. The summed E-state index contributed by atoms with van der Waals surface area (Å²) in [6.45, 7) is -0.0449. The highest BCUT2D eigenvalue weighted by atomic mass is 35.5. The first-order valence-corrected chi connectivity index (χ1v) is 6.22. The first-order valence-electron chi connectivity index (χ1n) is 5.84. The van der Waals surface area contributed by atoms with Crippen LogP contribution in [0.15, 0.2) is 24.3 Å². The third-order valence-corrected chi connectivity index (χ3v) is 3.09. The predicted octanol–water partition coefficient (Wildman–Crippen LogP) is 1.34. The second kappa shape index (κ2) is 5.75. The molecule has 0 unspecified atom stereocenters. The van der Waals surface area contributed by atoms with E-state index in [1.54, 1.807) is 24.3 Å². The van der Waals surface area contributed by atoms with E-state index in [1.807, 2.05) is 0 Å². The molecule has 104 valence electrons. The van der Waals surface area contributed by atoms with E-state index in [1.165, 1.54) is 11.7 Å². The standard InChI is InChI=1S/C13H13ClN4O2/c1-16-11(20)6-18-13(15)10(7-19)12(17-18)8-2-4-9(14)5-3-8/h2-5,7H,6,15H2,1H3,(H,16,20). The summed E-state index contributed by atoms with van der Waals surface area (Å²) in [5, 5.41) is 7.28. The summed E-state index contributed by atoms with van der Waals surface area (Å²) in [7, 11) is 1.52. The third kappa shape index (κ3) is 2.65. The molecule has 1 heterocycles. The molecule has 7 heteroatoms. The van der Waals surface area contributed by atoms with Crippen molar-refractivity contribution >= 4 is 29.6 Å². The number of rotatable bonds is 4. The fourth-order valence-electron chi connectivity index (χ4n) is 1.76. The molecule has 3 N–H and O–H groups in total. The van der Waals surface area contributed by atoms with Crippen molar-refractivity contribution in [3.05, 3.63) is 34.9 Å². The average Bonchev–Trinajstić information content (AvgIpc) is 2.76. The van der Waals surface area contributed by atoms with Gasteiger partial charge in [0.05, 0.1) is 5.56 Å². The Morgan fingerprint density at radius 1 is 1.45 bits per heavy atom. The highest BCUT2D eigenvalue weighted by Crippen LogP contribution is 2.26. The summed E-state index contributed by atoms with van der Waals surface area (Å²) in [6.07, 6.45) is 0.632. The van der Waals surface area contributed by atoms with E-state index in [4.69, 9.17) is 17.3 Å². The van der Waals surface area contributed by atoms with Gasteiger partial charge in [-0.2, -0.15) is 5.10 Å². The zero-order valence-electron chi connectivity index (χ0n) is 10.8. The molecule has 0 aliphatic rings. The maximum atomic E-state index is 11.4. The van der Waals surface area contributed by atoms with Gasteiger partial charge in [-0.15, -0.1) is 0 Å². The van der Waals surface area contributed by atoms with Crippen molar-refractivity contribution in [2.75, 3.05) is 12.8 Å². The van der Waals surface area contributed by atoms with Crippen molar-refractivity contribution in [1.82, 2.24) is 15.1 Å². The van der Waals surface area contributed by atoms with Crippen LogP contribution in [0.5, 0.6) is 0 Å². The molecule has 6 nitrogen and oxygen atoms in total. The Balaban J connectivity index is 2.47. The highest BCUT2D eigenvalue weighted by Gasteiger charge is 2.17. The molecule has 0 spiro atoms. The lowest BCUT2D eigenvalue weighted by Gasteiger charge is -2.02. The molecule has 0 saturated heterocycles. The van der Waals surface area contributed by atoms with E-state index < -0.39 is 0 Å². The van der Waals surface area contributed by atoms with E-state index in [9.17, 15) is 9.59 Å². The fraction of sp³-hybridized carbons (Fsp3) is 0.154. The lowest BCUT2D eigenvalue weighted by atomic mass is 10.1. The monoisotopic (exact) mass is 292 g/mol. The maximum Gasteiger partial charge on any atom is 0.241 e. The minimum Gasteiger partial charge on any atom is -0.383 e. The van der Waals surface area contributed by atoms with Crippen LogP contribution in [0.25, 0.3) is 11.3 Å². The smallest absolute Gasteiger partial charge is 0.241 e. The van der Waals surface area contributed by atoms with E-state index in [-0.39, 0.29) is 23.8 Å². The van der Waals surface area contributed by atoms with Gasteiger partial charge in [0.25, 0.3) is 0 Å². The molecule has 1 aromatic carbocycles. The average molecular weight is 293 g/mol. The molecule has 1 amide bonds. The Kier molecular flexibility index (Phi) is 4.05. The van der Waals surface area contributed by atoms with Crippen LogP contribution in [-0.2, 0) is 11.3 Å². The van der Waals surface area contributed by atoms with E-state index in [2.05, 4.69) is 10.4 Å². The zero-order chi connectivity index (χ0) is 14.7. The molecular weight excluding hydrogens is 280 g/mol. The summed E-state index contributed by atoms with van der Waals surface area (Å²) in [6, 6.07) is 6.86. The number of likely N-dealkylation sites (N-methyl/N-ethyl adjacent to an activating group) is 1. The quantitative estimate of drug-likeness (QED) is 0.832. The summed E-state index contributed by atoms with van der Waals surface area (Å²) >= 11 is 5.82. The van der Waals surface area contributed by atoms with Gasteiger partial charge in [-0.05, 0) is 12.1 Å². The van der Waals surface area contributed by atoms with Gasteiger partial charge in [-0.25, -0.2) is 4.68 Å². The molecule has 2 rings (SSSR count). The largest absolute Gasteiger partial charge is 0.383 e. The van der Waals surface area contributed by atoms with Crippen LogP contribution in [0.1, 0.15) is 10.4 Å². The van der Waals surface area contributed by atoms with Gasteiger partial charge in [0.1, 0.15) is 18.1 Å². The molecule has 2 aromatic rings. The number of amides is 1.